The summed E-state index contributed by atoms with van der Waals surface area (Å²) in [4.78, 5) is 18.8. The van der Waals surface area contributed by atoms with Gasteiger partial charge in [-0.3, -0.25) is 0 Å². The number of amides is 2. The standard InChI is InChI=1S/C19H23N3O4S/c1-26-17-6-3-14-11-15(4-5-16(14)21-17)20-18(23)22-9-2-7-19(12-22)8-10-27(24,25)13-19/h3-6,11H,2,7-10,12-13H2,1H3,(H,20,23)/t19-/m0/s1. The lowest BCUT2D eigenvalue weighted by atomic mass is 9.80. The largest absolute Gasteiger partial charge is 0.481 e. The van der Waals surface area contributed by atoms with Gasteiger partial charge in [-0.25, -0.2) is 18.2 Å². The zero-order chi connectivity index (χ0) is 19.1. The maximum absolute atomic E-state index is 12.7. The molecule has 2 fully saturated rings. The lowest BCUT2D eigenvalue weighted by Gasteiger charge is -2.39. The Hall–Kier alpha value is -2.35. The molecule has 144 valence electrons. The van der Waals surface area contributed by atoms with Crippen molar-refractivity contribution in [3.63, 3.8) is 0 Å². The fourth-order valence-electron chi connectivity index (χ4n) is 4.19. The first-order chi connectivity index (χ1) is 12.9. The summed E-state index contributed by atoms with van der Waals surface area (Å²) < 4.78 is 28.9. The van der Waals surface area contributed by atoms with Crippen molar-refractivity contribution in [2.75, 3.05) is 37.0 Å². The van der Waals surface area contributed by atoms with Crippen LogP contribution in [0, 0.1) is 5.41 Å². The van der Waals surface area contributed by atoms with Crippen molar-refractivity contribution in [1.82, 2.24) is 9.88 Å². The number of carbonyl (C=O) groups excluding carboxylic acids is 1. The summed E-state index contributed by atoms with van der Waals surface area (Å²) in [5, 5.41) is 3.85. The van der Waals surface area contributed by atoms with E-state index in [1.165, 1.54) is 0 Å². The second-order valence-electron chi connectivity index (χ2n) is 7.56. The molecule has 1 atom stereocenters. The van der Waals surface area contributed by atoms with Gasteiger partial charge in [0.1, 0.15) is 0 Å². The van der Waals surface area contributed by atoms with E-state index < -0.39 is 9.84 Å². The molecular weight excluding hydrogens is 366 g/mol. The van der Waals surface area contributed by atoms with E-state index in [9.17, 15) is 13.2 Å². The summed E-state index contributed by atoms with van der Waals surface area (Å²) in [6, 6.07) is 9.03. The molecule has 1 aromatic carbocycles. The minimum absolute atomic E-state index is 0.181. The fourth-order valence-corrected chi connectivity index (χ4v) is 6.39. The van der Waals surface area contributed by atoms with Gasteiger partial charge >= 0.3 is 6.03 Å². The van der Waals surface area contributed by atoms with Gasteiger partial charge in [0.15, 0.2) is 9.84 Å². The molecule has 3 heterocycles. The Morgan fingerprint density at radius 2 is 2.11 bits per heavy atom. The van der Waals surface area contributed by atoms with Crippen molar-refractivity contribution in [1.29, 1.82) is 0 Å². The van der Waals surface area contributed by atoms with Crippen LogP contribution in [0.1, 0.15) is 19.3 Å². The maximum Gasteiger partial charge on any atom is 0.321 e. The summed E-state index contributed by atoms with van der Waals surface area (Å²) in [5.41, 5.74) is 1.22. The highest BCUT2D eigenvalue weighted by molar-refractivity contribution is 7.91. The molecule has 0 saturated carbocycles. The molecule has 0 aliphatic carbocycles. The third-order valence-corrected chi connectivity index (χ3v) is 7.42. The number of fused-ring (bicyclic) bond motifs is 1. The molecule has 27 heavy (non-hydrogen) atoms. The van der Waals surface area contributed by atoms with Gasteiger partial charge in [-0.05, 0) is 43.5 Å². The molecule has 0 unspecified atom stereocenters. The molecule has 4 rings (SSSR count). The van der Waals surface area contributed by atoms with Crippen LogP contribution in [0.25, 0.3) is 10.9 Å². The quantitative estimate of drug-likeness (QED) is 0.853. The molecule has 0 radical (unpaired) electrons. The summed E-state index contributed by atoms with van der Waals surface area (Å²) >= 11 is 0. The van der Waals surface area contributed by atoms with E-state index >= 15 is 0 Å². The molecule has 2 aromatic rings. The van der Waals surface area contributed by atoms with Crippen LogP contribution in [-0.4, -0.2) is 56.0 Å². The Balaban J connectivity index is 1.48. The molecule has 0 bridgehead atoms. The minimum atomic E-state index is -2.97. The topological polar surface area (TPSA) is 88.6 Å². The Morgan fingerprint density at radius 3 is 2.85 bits per heavy atom. The van der Waals surface area contributed by atoms with Crippen molar-refractivity contribution in [3.8, 4) is 5.88 Å². The third-order valence-electron chi connectivity index (χ3n) is 5.54. The van der Waals surface area contributed by atoms with Crippen LogP contribution < -0.4 is 10.1 Å². The number of hydrogen-bond donors (Lipinski definition) is 1. The van der Waals surface area contributed by atoms with Crippen LogP contribution in [-0.2, 0) is 9.84 Å². The van der Waals surface area contributed by atoms with Gasteiger partial charge in [-0.15, -0.1) is 0 Å². The van der Waals surface area contributed by atoms with Crippen LogP contribution in [0.2, 0.25) is 0 Å². The first kappa shape index (κ1) is 18.0. The van der Waals surface area contributed by atoms with Crippen molar-refractivity contribution in [3.05, 3.63) is 30.3 Å². The first-order valence-electron chi connectivity index (χ1n) is 9.09. The molecule has 1 N–H and O–H groups in total. The summed E-state index contributed by atoms with van der Waals surface area (Å²) in [6.45, 7) is 1.16. The highest BCUT2D eigenvalue weighted by atomic mass is 32.2. The Kier molecular flexibility index (Phi) is 4.46. The summed E-state index contributed by atoms with van der Waals surface area (Å²) in [5.74, 6) is 0.987. The van der Waals surface area contributed by atoms with Gasteiger partial charge in [0, 0.05) is 35.6 Å². The van der Waals surface area contributed by atoms with E-state index in [0.29, 0.717) is 31.1 Å². The average Bonchev–Trinajstić information content (AvgIpc) is 2.95. The predicted octanol–water partition coefficient (Wildman–Crippen LogP) is 2.68. The van der Waals surface area contributed by atoms with Gasteiger partial charge in [-0.2, -0.15) is 0 Å². The Morgan fingerprint density at radius 1 is 1.26 bits per heavy atom. The SMILES string of the molecule is COc1ccc2cc(NC(=O)N3CCC[C@]4(CCS(=O)(=O)C4)C3)ccc2n1. The van der Waals surface area contributed by atoms with Crippen LogP contribution in [0.3, 0.4) is 0 Å². The number of rotatable bonds is 2. The van der Waals surface area contributed by atoms with Gasteiger partial charge in [0.25, 0.3) is 0 Å². The van der Waals surface area contributed by atoms with E-state index in [1.54, 1.807) is 18.1 Å². The fraction of sp³-hybridized carbons (Fsp3) is 0.474. The third kappa shape index (κ3) is 3.71. The van der Waals surface area contributed by atoms with Gasteiger partial charge in [0.05, 0.1) is 24.1 Å². The number of aromatic nitrogens is 1. The number of anilines is 1. The van der Waals surface area contributed by atoms with E-state index in [0.717, 1.165) is 23.7 Å². The average molecular weight is 389 g/mol. The number of pyridine rings is 1. The van der Waals surface area contributed by atoms with E-state index in [4.69, 9.17) is 4.74 Å². The Bertz CT molecular complexity index is 992. The highest BCUT2D eigenvalue weighted by Gasteiger charge is 2.45. The molecule has 2 saturated heterocycles. The van der Waals surface area contributed by atoms with Crippen LogP contribution in [0.4, 0.5) is 10.5 Å². The van der Waals surface area contributed by atoms with Gasteiger partial charge in [-0.1, -0.05) is 0 Å². The number of hydrogen-bond acceptors (Lipinski definition) is 5. The van der Waals surface area contributed by atoms with Crippen LogP contribution in [0.15, 0.2) is 30.3 Å². The maximum atomic E-state index is 12.7. The van der Waals surface area contributed by atoms with E-state index in [-0.39, 0.29) is 23.0 Å². The predicted molar refractivity (Wildman–Crippen MR) is 104 cm³/mol. The van der Waals surface area contributed by atoms with Crippen LogP contribution in [0.5, 0.6) is 5.88 Å². The smallest absolute Gasteiger partial charge is 0.321 e. The number of likely N-dealkylation sites (tertiary alicyclic amines) is 1. The lowest BCUT2D eigenvalue weighted by Crippen LogP contribution is -2.48. The molecule has 2 aliphatic rings. The van der Waals surface area contributed by atoms with Gasteiger partial charge in [0.2, 0.25) is 5.88 Å². The second kappa shape index (κ2) is 6.67. The lowest BCUT2D eigenvalue weighted by molar-refractivity contribution is 0.130. The number of urea groups is 1. The summed E-state index contributed by atoms with van der Waals surface area (Å²) in [7, 11) is -1.39. The number of sulfone groups is 1. The van der Waals surface area contributed by atoms with E-state index in [1.807, 2.05) is 24.3 Å². The molecule has 2 amide bonds. The normalized spacial score (nSPS) is 24.3. The number of methoxy groups -OCH3 is 1. The molecule has 1 aromatic heterocycles. The molecule has 8 heteroatoms. The first-order valence-corrected chi connectivity index (χ1v) is 10.9. The van der Waals surface area contributed by atoms with Crippen molar-refractivity contribution < 1.29 is 17.9 Å². The number of benzene rings is 1. The molecule has 2 aliphatic heterocycles. The minimum Gasteiger partial charge on any atom is -0.481 e. The molecule has 7 nitrogen and oxygen atoms in total. The summed E-state index contributed by atoms with van der Waals surface area (Å²) in [6.07, 6.45) is 2.37. The number of carbonyl (C=O) groups is 1. The van der Waals surface area contributed by atoms with Crippen LogP contribution >= 0.6 is 0 Å². The number of nitrogens with zero attached hydrogens (tertiary/aromatic N) is 2. The zero-order valence-electron chi connectivity index (χ0n) is 15.3. The number of piperidine rings is 1. The van der Waals surface area contributed by atoms with Gasteiger partial charge < -0.3 is 15.0 Å². The van der Waals surface area contributed by atoms with Crippen molar-refractivity contribution >= 4 is 32.5 Å². The van der Waals surface area contributed by atoms with E-state index in [2.05, 4.69) is 10.3 Å². The Labute approximate surface area is 158 Å². The number of ether oxygens (including phenoxy) is 1. The highest BCUT2D eigenvalue weighted by Crippen LogP contribution is 2.40. The molecule has 1 spiro atoms. The zero-order valence-corrected chi connectivity index (χ0v) is 16.1. The van der Waals surface area contributed by atoms with Crippen molar-refractivity contribution in [2.45, 2.75) is 19.3 Å². The van der Waals surface area contributed by atoms with Crippen molar-refractivity contribution in [2.24, 2.45) is 5.41 Å². The number of nitrogens with one attached hydrogen (secondary N) is 1. The molecular formula is C19H23N3O4S. The monoisotopic (exact) mass is 389 g/mol. The second-order valence-corrected chi connectivity index (χ2v) is 9.74.